The molecule has 0 aliphatic heterocycles. The predicted molar refractivity (Wildman–Crippen MR) is 91.3 cm³/mol. The Bertz CT molecular complexity index is 686. The number of carbonyl (C=O) groups is 1. The van der Waals surface area contributed by atoms with Crippen molar-refractivity contribution in [2.75, 3.05) is 6.54 Å². The predicted octanol–water partition coefficient (Wildman–Crippen LogP) is 3.21. The summed E-state index contributed by atoms with van der Waals surface area (Å²) >= 11 is 0. The zero-order valence-corrected chi connectivity index (χ0v) is 14.3. The quantitative estimate of drug-likeness (QED) is 0.921. The van der Waals surface area contributed by atoms with Crippen LogP contribution in [0, 0.1) is 16.7 Å². The SMILES string of the molecule is CC1(C)C(CNC(=O)Cc2cnn(-c3ccccc3)c2)C1(C)C. The van der Waals surface area contributed by atoms with E-state index >= 15 is 0 Å². The first-order valence-electron chi connectivity index (χ1n) is 8.18. The largest absolute Gasteiger partial charge is 0.355 e. The Balaban J connectivity index is 1.54. The number of amides is 1. The number of hydrogen-bond donors (Lipinski definition) is 1. The van der Waals surface area contributed by atoms with Gasteiger partial charge in [0.2, 0.25) is 5.91 Å². The molecule has 1 N–H and O–H groups in total. The van der Waals surface area contributed by atoms with Crippen LogP contribution in [-0.4, -0.2) is 22.2 Å². The summed E-state index contributed by atoms with van der Waals surface area (Å²) in [5, 5.41) is 7.41. The van der Waals surface area contributed by atoms with E-state index in [-0.39, 0.29) is 5.91 Å². The first-order chi connectivity index (χ1) is 10.8. The third-order valence-corrected chi connectivity index (χ3v) is 5.84. The standard InChI is InChI=1S/C19H25N3O/c1-18(2)16(19(18,3)4)12-20-17(23)10-14-11-21-22(13-14)15-8-6-5-7-9-15/h5-9,11,13,16H,10,12H2,1-4H3,(H,20,23). The lowest BCUT2D eigenvalue weighted by Gasteiger charge is -2.05. The maximum atomic E-state index is 12.2. The van der Waals surface area contributed by atoms with E-state index in [0.29, 0.717) is 23.2 Å². The van der Waals surface area contributed by atoms with Crippen LogP contribution in [0.15, 0.2) is 42.7 Å². The molecule has 1 aromatic heterocycles. The molecule has 1 aliphatic carbocycles. The normalized spacial score (nSPS) is 18.6. The van der Waals surface area contributed by atoms with Crippen LogP contribution in [-0.2, 0) is 11.2 Å². The topological polar surface area (TPSA) is 46.9 Å². The van der Waals surface area contributed by atoms with Gasteiger partial charge >= 0.3 is 0 Å². The van der Waals surface area contributed by atoms with Crippen molar-refractivity contribution in [3.63, 3.8) is 0 Å². The van der Waals surface area contributed by atoms with Crippen molar-refractivity contribution in [3.05, 3.63) is 48.3 Å². The fourth-order valence-electron chi connectivity index (χ4n) is 3.48. The lowest BCUT2D eigenvalue weighted by atomic mass is 10.0. The summed E-state index contributed by atoms with van der Waals surface area (Å²) in [6, 6.07) is 9.91. The Kier molecular flexibility index (Phi) is 3.78. The molecule has 0 saturated heterocycles. The molecule has 3 rings (SSSR count). The Hall–Kier alpha value is -2.10. The minimum atomic E-state index is 0.0658. The molecule has 0 radical (unpaired) electrons. The first-order valence-corrected chi connectivity index (χ1v) is 8.18. The van der Waals surface area contributed by atoms with Crippen molar-refractivity contribution in [1.29, 1.82) is 0 Å². The zero-order chi connectivity index (χ0) is 16.7. The van der Waals surface area contributed by atoms with E-state index < -0.39 is 0 Å². The maximum Gasteiger partial charge on any atom is 0.224 e. The van der Waals surface area contributed by atoms with Gasteiger partial charge in [0.05, 0.1) is 18.3 Å². The van der Waals surface area contributed by atoms with Crippen molar-refractivity contribution in [2.24, 2.45) is 16.7 Å². The number of nitrogens with one attached hydrogen (secondary N) is 1. The molecule has 2 aromatic rings. The van der Waals surface area contributed by atoms with E-state index in [9.17, 15) is 4.79 Å². The van der Waals surface area contributed by atoms with Crippen molar-refractivity contribution >= 4 is 5.91 Å². The molecular weight excluding hydrogens is 286 g/mol. The van der Waals surface area contributed by atoms with Gasteiger partial charge in [0.1, 0.15) is 0 Å². The van der Waals surface area contributed by atoms with E-state index in [1.165, 1.54) is 0 Å². The molecule has 1 saturated carbocycles. The molecule has 0 atom stereocenters. The molecule has 0 unspecified atom stereocenters. The van der Waals surface area contributed by atoms with E-state index in [4.69, 9.17) is 0 Å². The van der Waals surface area contributed by atoms with Gasteiger partial charge in [-0.2, -0.15) is 5.10 Å². The summed E-state index contributed by atoms with van der Waals surface area (Å²) in [7, 11) is 0. The Morgan fingerprint density at radius 1 is 1.17 bits per heavy atom. The molecule has 1 fully saturated rings. The number of benzene rings is 1. The molecule has 23 heavy (non-hydrogen) atoms. The number of rotatable bonds is 5. The molecule has 1 aliphatic rings. The second-order valence-corrected chi connectivity index (χ2v) is 7.61. The fraction of sp³-hybridized carbons (Fsp3) is 0.474. The van der Waals surface area contributed by atoms with Crippen LogP contribution in [0.5, 0.6) is 0 Å². The Morgan fingerprint density at radius 3 is 2.43 bits per heavy atom. The summed E-state index contributed by atoms with van der Waals surface area (Å²) in [5.41, 5.74) is 2.54. The van der Waals surface area contributed by atoms with Gasteiger partial charge in [-0.3, -0.25) is 4.79 Å². The van der Waals surface area contributed by atoms with Crippen molar-refractivity contribution in [1.82, 2.24) is 15.1 Å². The fourth-order valence-corrected chi connectivity index (χ4v) is 3.48. The summed E-state index contributed by atoms with van der Waals surface area (Å²) in [6.45, 7) is 9.84. The first kappa shape index (κ1) is 15.8. The van der Waals surface area contributed by atoms with E-state index in [0.717, 1.165) is 17.8 Å². The van der Waals surface area contributed by atoms with Crippen LogP contribution in [0.25, 0.3) is 5.69 Å². The van der Waals surface area contributed by atoms with Gasteiger partial charge in [0, 0.05) is 12.7 Å². The Morgan fingerprint density at radius 2 is 1.83 bits per heavy atom. The highest BCUT2D eigenvalue weighted by atomic mass is 16.1. The number of para-hydroxylation sites is 1. The second kappa shape index (κ2) is 5.52. The third kappa shape index (κ3) is 2.90. The van der Waals surface area contributed by atoms with Gasteiger partial charge in [-0.15, -0.1) is 0 Å². The van der Waals surface area contributed by atoms with Crippen LogP contribution in [0.3, 0.4) is 0 Å². The van der Waals surface area contributed by atoms with Crippen LogP contribution in [0.1, 0.15) is 33.3 Å². The molecular formula is C19H25N3O. The van der Waals surface area contributed by atoms with Gasteiger partial charge in [-0.25, -0.2) is 4.68 Å². The molecule has 1 heterocycles. The smallest absolute Gasteiger partial charge is 0.224 e. The van der Waals surface area contributed by atoms with Gasteiger partial charge in [-0.1, -0.05) is 45.9 Å². The molecule has 1 aromatic carbocycles. The number of hydrogen-bond acceptors (Lipinski definition) is 2. The van der Waals surface area contributed by atoms with E-state index in [1.807, 2.05) is 36.5 Å². The molecule has 0 spiro atoms. The molecule has 4 nitrogen and oxygen atoms in total. The van der Waals surface area contributed by atoms with Gasteiger partial charge in [0.25, 0.3) is 0 Å². The highest BCUT2D eigenvalue weighted by molar-refractivity contribution is 5.78. The molecule has 1 amide bonds. The van der Waals surface area contributed by atoms with Crippen molar-refractivity contribution < 1.29 is 4.79 Å². The van der Waals surface area contributed by atoms with Crippen LogP contribution >= 0.6 is 0 Å². The maximum absolute atomic E-state index is 12.2. The summed E-state index contributed by atoms with van der Waals surface area (Å²) in [4.78, 5) is 12.2. The van der Waals surface area contributed by atoms with Crippen molar-refractivity contribution in [3.8, 4) is 5.69 Å². The van der Waals surface area contributed by atoms with E-state index in [1.54, 1.807) is 10.9 Å². The number of nitrogens with zero attached hydrogens (tertiary/aromatic N) is 2. The van der Waals surface area contributed by atoms with Gasteiger partial charge < -0.3 is 5.32 Å². The Labute approximate surface area is 137 Å². The molecule has 0 bridgehead atoms. The van der Waals surface area contributed by atoms with Crippen LogP contribution < -0.4 is 5.32 Å². The lowest BCUT2D eigenvalue weighted by Crippen LogP contribution is -2.28. The van der Waals surface area contributed by atoms with Crippen LogP contribution in [0.4, 0.5) is 0 Å². The average molecular weight is 311 g/mol. The highest BCUT2D eigenvalue weighted by Gasteiger charge is 2.64. The second-order valence-electron chi connectivity index (χ2n) is 7.61. The summed E-state index contributed by atoms with van der Waals surface area (Å²) < 4.78 is 1.80. The van der Waals surface area contributed by atoms with Crippen molar-refractivity contribution in [2.45, 2.75) is 34.1 Å². The molecule has 122 valence electrons. The lowest BCUT2D eigenvalue weighted by molar-refractivity contribution is -0.120. The molecule has 4 heteroatoms. The highest BCUT2D eigenvalue weighted by Crippen LogP contribution is 2.67. The van der Waals surface area contributed by atoms with Gasteiger partial charge in [-0.05, 0) is 34.4 Å². The number of carbonyl (C=O) groups excluding carboxylic acids is 1. The minimum Gasteiger partial charge on any atom is -0.355 e. The minimum absolute atomic E-state index is 0.0658. The monoisotopic (exact) mass is 311 g/mol. The number of aromatic nitrogens is 2. The summed E-state index contributed by atoms with van der Waals surface area (Å²) in [6.07, 6.45) is 4.05. The third-order valence-electron chi connectivity index (χ3n) is 5.84. The van der Waals surface area contributed by atoms with E-state index in [2.05, 4.69) is 38.1 Å². The van der Waals surface area contributed by atoms with Gasteiger partial charge in [0.15, 0.2) is 0 Å². The zero-order valence-electron chi connectivity index (χ0n) is 14.3. The average Bonchev–Trinajstić information content (AvgIpc) is 2.85. The summed E-state index contributed by atoms with van der Waals surface area (Å²) in [5.74, 6) is 0.613. The van der Waals surface area contributed by atoms with Crippen LogP contribution in [0.2, 0.25) is 0 Å².